The van der Waals surface area contributed by atoms with Crippen LogP contribution in [0.2, 0.25) is 5.02 Å². The molecule has 1 amide bonds. The molecular formula is C21H25ClN4O2. The number of morpholine rings is 1. The Balaban J connectivity index is 1.22. The lowest BCUT2D eigenvalue weighted by atomic mass is 9.95. The molecule has 6 nitrogen and oxygen atoms in total. The summed E-state index contributed by atoms with van der Waals surface area (Å²) in [6.07, 6.45) is 5.23. The largest absolute Gasteiger partial charge is 0.371 e. The number of aromatic nitrogens is 2. The number of benzene rings is 1. The summed E-state index contributed by atoms with van der Waals surface area (Å²) in [4.78, 5) is 15.2. The number of halogens is 1. The van der Waals surface area contributed by atoms with Crippen LogP contribution in [-0.4, -0.2) is 52.8 Å². The summed E-state index contributed by atoms with van der Waals surface area (Å²) < 4.78 is 6.10. The molecule has 2 fully saturated rings. The van der Waals surface area contributed by atoms with Crippen molar-refractivity contribution in [2.24, 2.45) is 0 Å². The maximum absolute atomic E-state index is 12.8. The van der Waals surface area contributed by atoms with Crippen molar-refractivity contribution in [1.29, 1.82) is 0 Å². The van der Waals surface area contributed by atoms with Crippen LogP contribution >= 0.6 is 11.6 Å². The Hall–Kier alpha value is -1.89. The van der Waals surface area contributed by atoms with Crippen LogP contribution in [-0.2, 0) is 17.6 Å². The number of aryl methyl sites for hydroxylation is 1. The molecular weight excluding hydrogens is 376 g/mol. The molecule has 0 saturated carbocycles. The van der Waals surface area contributed by atoms with E-state index in [-0.39, 0.29) is 18.1 Å². The summed E-state index contributed by atoms with van der Waals surface area (Å²) in [6.45, 7) is 2.39. The van der Waals surface area contributed by atoms with Gasteiger partial charge < -0.3 is 10.1 Å². The maximum atomic E-state index is 12.8. The van der Waals surface area contributed by atoms with E-state index < -0.39 is 0 Å². The number of ether oxygens (including phenoxy) is 1. The highest BCUT2D eigenvalue weighted by atomic mass is 35.5. The van der Waals surface area contributed by atoms with Crippen LogP contribution in [0.1, 0.15) is 52.7 Å². The van der Waals surface area contributed by atoms with Crippen LogP contribution in [0.15, 0.2) is 24.3 Å². The molecule has 3 atom stereocenters. The van der Waals surface area contributed by atoms with Gasteiger partial charge in [0.1, 0.15) is 0 Å². The van der Waals surface area contributed by atoms with Crippen molar-refractivity contribution in [2.75, 3.05) is 19.7 Å². The lowest BCUT2D eigenvalue weighted by Gasteiger charge is -2.35. The molecule has 1 aliphatic carbocycles. The highest BCUT2D eigenvalue weighted by molar-refractivity contribution is 6.30. The van der Waals surface area contributed by atoms with E-state index in [1.54, 1.807) is 0 Å². The van der Waals surface area contributed by atoms with E-state index in [2.05, 4.69) is 20.4 Å². The zero-order valence-electron chi connectivity index (χ0n) is 15.8. The minimum atomic E-state index is -0.0422. The van der Waals surface area contributed by atoms with Crippen LogP contribution in [0.3, 0.4) is 0 Å². The van der Waals surface area contributed by atoms with E-state index in [9.17, 15) is 4.79 Å². The molecule has 2 saturated heterocycles. The number of carbonyl (C=O) groups excluding carboxylic acids is 1. The topological polar surface area (TPSA) is 70.2 Å². The smallest absolute Gasteiger partial charge is 0.272 e. The van der Waals surface area contributed by atoms with Gasteiger partial charge in [0.05, 0.1) is 12.7 Å². The number of rotatable bonds is 3. The third-order valence-electron chi connectivity index (χ3n) is 6.27. The Morgan fingerprint density at radius 1 is 1.21 bits per heavy atom. The molecule has 0 spiro atoms. The van der Waals surface area contributed by atoms with Crippen molar-refractivity contribution in [2.45, 2.75) is 50.3 Å². The molecule has 1 aromatic heterocycles. The standard InChI is InChI=1S/C21H25ClN4O2/c22-14-7-5-13(6-8-14)19-11-26-10-15(9-16(26)12-28-19)23-21(27)20-17-3-1-2-4-18(17)24-25-20/h5-8,15-16,19H,1-4,9-12H2,(H,23,27)(H,24,25)/t15-,16-,19+/m0/s1. The van der Waals surface area contributed by atoms with Gasteiger partial charge in [0.2, 0.25) is 0 Å². The predicted molar refractivity (Wildman–Crippen MR) is 107 cm³/mol. The van der Waals surface area contributed by atoms with Crippen LogP contribution in [0.5, 0.6) is 0 Å². The van der Waals surface area contributed by atoms with Crippen LogP contribution in [0, 0.1) is 0 Å². The van der Waals surface area contributed by atoms with Gasteiger partial charge in [-0.25, -0.2) is 0 Å². The molecule has 2 N–H and O–H groups in total. The highest BCUT2D eigenvalue weighted by Gasteiger charge is 2.38. The Morgan fingerprint density at radius 3 is 2.89 bits per heavy atom. The normalized spacial score (nSPS) is 27.2. The Bertz CT molecular complexity index is 866. The number of nitrogens with zero attached hydrogens (tertiary/aromatic N) is 2. The van der Waals surface area contributed by atoms with Crippen molar-refractivity contribution in [3.63, 3.8) is 0 Å². The second-order valence-electron chi connectivity index (χ2n) is 8.12. The molecule has 3 heterocycles. The van der Waals surface area contributed by atoms with Crippen LogP contribution < -0.4 is 5.32 Å². The average Bonchev–Trinajstić information content (AvgIpc) is 3.31. The molecule has 2 aromatic rings. The van der Waals surface area contributed by atoms with Gasteiger partial charge in [-0.1, -0.05) is 23.7 Å². The van der Waals surface area contributed by atoms with E-state index in [4.69, 9.17) is 16.3 Å². The number of nitrogens with one attached hydrogen (secondary N) is 2. The number of hydrogen-bond donors (Lipinski definition) is 2. The number of amides is 1. The summed E-state index contributed by atoms with van der Waals surface area (Å²) in [7, 11) is 0. The first-order valence-corrected chi connectivity index (χ1v) is 10.5. The van der Waals surface area contributed by atoms with Gasteiger partial charge in [0.15, 0.2) is 5.69 Å². The van der Waals surface area contributed by atoms with E-state index >= 15 is 0 Å². The zero-order chi connectivity index (χ0) is 19.1. The molecule has 28 heavy (non-hydrogen) atoms. The molecule has 0 unspecified atom stereocenters. The fourth-order valence-corrected chi connectivity index (χ4v) is 4.91. The fourth-order valence-electron chi connectivity index (χ4n) is 4.78. The summed E-state index contributed by atoms with van der Waals surface area (Å²) in [6, 6.07) is 8.38. The molecule has 0 bridgehead atoms. The molecule has 2 aliphatic heterocycles. The van der Waals surface area contributed by atoms with Gasteiger partial charge in [-0.15, -0.1) is 0 Å². The molecule has 3 aliphatic rings. The lowest BCUT2D eigenvalue weighted by molar-refractivity contribution is -0.0502. The van der Waals surface area contributed by atoms with Crippen molar-refractivity contribution in [3.8, 4) is 0 Å². The van der Waals surface area contributed by atoms with E-state index in [1.165, 1.54) is 6.42 Å². The van der Waals surface area contributed by atoms with E-state index in [0.717, 1.165) is 60.6 Å². The quantitative estimate of drug-likeness (QED) is 0.831. The third-order valence-corrected chi connectivity index (χ3v) is 6.52. The predicted octanol–water partition coefficient (Wildman–Crippen LogP) is 2.89. The molecule has 1 aromatic carbocycles. The average molecular weight is 401 g/mol. The van der Waals surface area contributed by atoms with Gasteiger partial charge in [-0.3, -0.25) is 14.8 Å². The Morgan fingerprint density at radius 2 is 2.04 bits per heavy atom. The van der Waals surface area contributed by atoms with Crippen molar-refractivity contribution in [3.05, 3.63) is 51.8 Å². The first kappa shape index (κ1) is 18.2. The van der Waals surface area contributed by atoms with Gasteiger partial charge in [-0.2, -0.15) is 5.10 Å². The zero-order valence-corrected chi connectivity index (χ0v) is 16.5. The molecule has 0 radical (unpaired) electrons. The second-order valence-corrected chi connectivity index (χ2v) is 8.56. The number of aromatic amines is 1. The fraction of sp³-hybridized carbons (Fsp3) is 0.524. The van der Waals surface area contributed by atoms with Crippen molar-refractivity contribution in [1.82, 2.24) is 20.4 Å². The minimum Gasteiger partial charge on any atom is -0.371 e. The molecule has 148 valence electrons. The summed E-state index contributed by atoms with van der Waals surface area (Å²) in [5, 5.41) is 11.3. The van der Waals surface area contributed by atoms with E-state index in [0.29, 0.717) is 18.3 Å². The number of hydrogen-bond acceptors (Lipinski definition) is 4. The van der Waals surface area contributed by atoms with Gasteiger partial charge in [-0.05, 0) is 49.8 Å². The molecule has 7 heteroatoms. The minimum absolute atomic E-state index is 0.0422. The van der Waals surface area contributed by atoms with Gasteiger partial charge in [0, 0.05) is 41.5 Å². The monoisotopic (exact) mass is 400 g/mol. The Kier molecular flexibility index (Phi) is 4.87. The van der Waals surface area contributed by atoms with Crippen LogP contribution in [0.25, 0.3) is 0 Å². The maximum Gasteiger partial charge on any atom is 0.272 e. The highest BCUT2D eigenvalue weighted by Crippen LogP contribution is 2.31. The van der Waals surface area contributed by atoms with Gasteiger partial charge in [0.25, 0.3) is 5.91 Å². The van der Waals surface area contributed by atoms with Crippen LogP contribution in [0.4, 0.5) is 0 Å². The summed E-state index contributed by atoms with van der Waals surface area (Å²) >= 11 is 6.00. The second kappa shape index (κ2) is 7.50. The third kappa shape index (κ3) is 3.45. The first-order valence-electron chi connectivity index (χ1n) is 10.2. The number of H-pyrrole nitrogens is 1. The SMILES string of the molecule is O=C(N[C@H]1C[C@H]2CO[C@@H](c3ccc(Cl)cc3)CN2C1)c1n[nH]c2c1CCCC2. The lowest BCUT2D eigenvalue weighted by Crippen LogP contribution is -2.43. The number of carbonyl (C=O) groups is 1. The number of fused-ring (bicyclic) bond motifs is 2. The van der Waals surface area contributed by atoms with E-state index in [1.807, 2.05) is 24.3 Å². The van der Waals surface area contributed by atoms with Crippen molar-refractivity contribution < 1.29 is 9.53 Å². The first-order chi connectivity index (χ1) is 13.7. The summed E-state index contributed by atoms with van der Waals surface area (Å²) in [5.74, 6) is -0.0422. The summed E-state index contributed by atoms with van der Waals surface area (Å²) in [5.41, 5.74) is 4.00. The van der Waals surface area contributed by atoms with Crippen molar-refractivity contribution >= 4 is 17.5 Å². The Labute approximate surface area is 169 Å². The molecule has 5 rings (SSSR count). The van der Waals surface area contributed by atoms with Gasteiger partial charge >= 0.3 is 0 Å².